The summed E-state index contributed by atoms with van der Waals surface area (Å²) in [6, 6.07) is 0. The fraction of sp³-hybridized carbons (Fsp3) is 1.00. The molecule has 0 radical (unpaired) electrons. The first-order valence-corrected chi connectivity index (χ1v) is 5.56. The van der Waals surface area contributed by atoms with Crippen molar-refractivity contribution in [1.82, 2.24) is 4.90 Å². The van der Waals surface area contributed by atoms with Crippen LogP contribution in [0.5, 0.6) is 0 Å². The standard InChI is InChI=1S/C11H21NO/c1-10(2)8-12-6-3-7-13-9-11(12)4-5-11/h10H,3-9H2,1-2H3. The van der Waals surface area contributed by atoms with E-state index in [9.17, 15) is 0 Å². The van der Waals surface area contributed by atoms with Crippen LogP contribution in [0.2, 0.25) is 0 Å². The summed E-state index contributed by atoms with van der Waals surface area (Å²) in [5, 5.41) is 0. The van der Waals surface area contributed by atoms with Crippen LogP contribution in [0.15, 0.2) is 0 Å². The van der Waals surface area contributed by atoms with Crippen LogP contribution in [0, 0.1) is 5.92 Å². The van der Waals surface area contributed by atoms with Gasteiger partial charge in [0.1, 0.15) is 0 Å². The molecule has 0 atom stereocenters. The normalized spacial score (nSPS) is 27.9. The second-order valence-electron chi connectivity index (χ2n) is 4.97. The average Bonchev–Trinajstić information content (AvgIpc) is 2.84. The second kappa shape index (κ2) is 3.58. The predicted octanol–water partition coefficient (Wildman–Crippen LogP) is 1.90. The van der Waals surface area contributed by atoms with Crippen LogP contribution in [0.25, 0.3) is 0 Å². The number of ether oxygens (including phenoxy) is 1. The molecule has 0 aromatic carbocycles. The number of hydrogen-bond acceptors (Lipinski definition) is 2. The van der Waals surface area contributed by atoms with Gasteiger partial charge in [-0.05, 0) is 25.2 Å². The summed E-state index contributed by atoms with van der Waals surface area (Å²) < 4.78 is 5.64. The van der Waals surface area contributed by atoms with Gasteiger partial charge in [-0.3, -0.25) is 4.90 Å². The predicted molar refractivity (Wildman–Crippen MR) is 53.8 cm³/mol. The van der Waals surface area contributed by atoms with Crippen molar-refractivity contribution in [2.75, 3.05) is 26.3 Å². The molecule has 2 aliphatic rings. The molecule has 1 saturated carbocycles. The smallest absolute Gasteiger partial charge is 0.0650 e. The molecule has 0 N–H and O–H groups in total. The molecular weight excluding hydrogens is 162 g/mol. The maximum absolute atomic E-state index is 5.64. The van der Waals surface area contributed by atoms with E-state index in [1.165, 1.54) is 32.4 Å². The molecule has 0 amide bonds. The summed E-state index contributed by atoms with van der Waals surface area (Å²) in [4.78, 5) is 2.67. The number of nitrogens with zero attached hydrogens (tertiary/aromatic N) is 1. The first-order valence-electron chi connectivity index (χ1n) is 5.56. The van der Waals surface area contributed by atoms with Gasteiger partial charge in [0.2, 0.25) is 0 Å². The maximum atomic E-state index is 5.64. The highest BCUT2D eigenvalue weighted by molar-refractivity contribution is 5.04. The van der Waals surface area contributed by atoms with Crippen molar-refractivity contribution in [3.8, 4) is 0 Å². The van der Waals surface area contributed by atoms with E-state index < -0.39 is 0 Å². The van der Waals surface area contributed by atoms with Gasteiger partial charge in [0.05, 0.1) is 6.61 Å². The fourth-order valence-electron chi connectivity index (χ4n) is 2.28. The van der Waals surface area contributed by atoms with Gasteiger partial charge in [-0.2, -0.15) is 0 Å². The van der Waals surface area contributed by atoms with E-state index >= 15 is 0 Å². The van der Waals surface area contributed by atoms with E-state index in [1.807, 2.05) is 0 Å². The minimum atomic E-state index is 0.473. The van der Waals surface area contributed by atoms with E-state index in [0.717, 1.165) is 19.1 Å². The second-order valence-corrected chi connectivity index (χ2v) is 4.97. The Labute approximate surface area is 81.3 Å². The topological polar surface area (TPSA) is 12.5 Å². The Morgan fingerprint density at radius 2 is 2.15 bits per heavy atom. The highest BCUT2D eigenvalue weighted by Crippen LogP contribution is 2.43. The molecule has 1 aliphatic carbocycles. The Morgan fingerprint density at radius 3 is 2.77 bits per heavy atom. The van der Waals surface area contributed by atoms with Crippen LogP contribution < -0.4 is 0 Å². The van der Waals surface area contributed by atoms with Crippen LogP contribution in [-0.2, 0) is 4.74 Å². The molecule has 1 heterocycles. The number of rotatable bonds is 2. The summed E-state index contributed by atoms with van der Waals surface area (Å²) in [7, 11) is 0. The van der Waals surface area contributed by atoms with Crippen molar-refractivity contribution in [2.24, 2.45) is 5.92 Å². The van der Waals surface area contributed by atoms with E-state index in [0.29, 0.717) is 5.54 Å². The first-order chi connectivity index (χ1) is 6.23. The monoisotopic (exact) mass is 183 g/mol. The van der Waals surface area contributed by atoms with E-state index in [-0.39, 0.29) is 0 Å². The Hall–Kier alpha value is -0.0800. The highest BCUT2D eigenvalue weighted by Gasteiger charge is 2.48. The van der Waals surface area contributed by atoms with Crippen molar-refractivity contribution in [1.29, 1.82) is 0 Å². The summed E-state index contributed by atoms with van der Waals surface area (Å²) in [6.07, 6.45) is 3.94. The zero-order chi connectivity index (χ0) is 9.31. The quantitative estimate of drug-likeness (QED) is 0.648. The highest BCUT2D eigenvalue weighted by atomic mass is 16.5. The van der Waals surface area contributed by atoms with Crippen LogP contribution in [-0.4, -0.2) is 36.7 Å². The zero-order valence-corrected chi connectivity index (χ0v) is 8.88. The molecule has 2 heteroatoms. The molecule has 2 fully saturated rings. The summed E-state index contributed by atoms with van der Waals surface area (Å²) in [6.45, 7) is 9.07. The van der Waals surface area contributed by atoms with Gasteiger partial charge in [-0.15, -0.1) is 0 Å². The third kappa shape index (κ3) is 2.05. The van der Waals surface area contributed by atoms with Crippen molar-refractivity contribution >= 4 is 0 Å². The first kappa shape index (κ1) is 9.47. The Bertz CT molecular complexity index is 175. The largest absolute Gasteiger partial charge is 0.379 e. The number of hydrogen-bond donors (Lipinski definition) is 0. The Kier molecular flexibility index (Phi) is 2.61. The molecule has 1 saturated heterocycles. The molecule has 0 aromatic rings. The summed E-state index contributed by atoms with van der Waals surface area (Å²) in [5.74, 6) is 0.788. The van der Waals surface area contributed by atoms with Crippen LogP contribution in [0.3, 0.4) is 0 Å². The molecule has 2 nitrogen and oxygen atoms in total. The lowest BCUT2D eigenvalue weighted by atomic mass is 10.1. The minimum Gasteiger partial charge on any atom is -0.379 e. The fourth-order valence-corrected chi connectivity index (χ4v) is 2.28. The van der Waals surface area contributed by atoms with Gasteiger partial charge in [-0.1, -0.05) is 13.8 Å². The molecule has 0 unspecified atom stereocenters. The lowest BCUT2D eigenvalue weighted by Crippen LogP contribution is -2.41. The Balaban J connectivity index is 1.96. The minimum absolute atomic E-state index is 0.473. The average molecular weight is 183 g/mol. The molecular formula is C11H21NO. The lowest BCUT2D eigenvalue weighted by molar-refractivity contribution is 0.0819. The van der Waals surface area contributed by atoms with Crippen LogP contribution in [0.1, 0.15) is 33.1 Å². The van der Waals surface area contributed by atoms with Gasteiger partial charge in [0.15, 0.2) is 0 Å². The van der Waals surface area contributed by atoms with Crippen molar-refractivity contribution in [3.05, 3.63) is 0 Å². The van der Waals surface area contributed by atoms with Gasteiger partial charge in [0.25, 0.3) is 0 Å². The van der Waals surface area contributed by atoms with Crippen molar-refractivity contribution in [3.63, 3.8) is 0 Å². The van der Waals surface area contributed by atoms with Crippen LogP contribution >= 0.6 is 0 Å². The molecule has 13 heavy (non-hydrogen) atoms. The van der Waals surface area contributed by atoms with Crippen molar-refractivity contribution < 1.29 is 4.74 Å². The molecule has 76 valence electrons. The third-order valence-electron chi connectivity index (χ3n) is 3.17. The van der Waals surface area contributed by atoms with Gasteiger partial charge in [-0.25, -0.2) is 0 Å². The van der Waals surface area contributed by atoms with E-state index in [1.54, 1.807) is 0 Å². The summed E-state index contributed by atoms with van der Waals surface area (Å²) in [5.41, 5.74) is 0.473. The van der Waals surface area contributed by atoms with Crippen LogP contribution in [0.4, 0.5) is 0 Å². The lowest BCUT2D eigenvalue weighted by Gasteiger charge is -2.30. The molecule has 0 aromatic heterocycles. The van der Waals surface area contributed by atoms with Gasteiger partial charge in [0, 0.05) is 25.2 Å². The molecule has 2 rings (SSSR count). The molecule has 1 aliphatic heterocycles. The van der Waals surface area contributed by atoms with Gasteiger partial charge >= 0.3 is 0 Å². The van der Waals surface area contributed by atoms with E-state index in [4.69, 9.17) is 4.74 Å². The van der Waals surface area contributed by atoms with E-state index in [2.05, 4.69) is 18.7 Å². The van der Waals surface area contributed by atoms with Crippen molar-refractivity contribution in [2.45, 2.75) is 38.6 Å². The third-order valence-corrected chi connectivity index (χ3v) is 3.17. The summed E-state index contributed by atoms with van der Waals surface area (Å²) >= 11 is 0. The zero-order valence-electron chi connectivity index (χ0n) is 8.88. The molecule has 0 bridgehead atoms. The Morgan fingerprint density at radius 1 is 1.38 bits per heavy atom. The maximum Gasteiger partial charge on any atom is 0.0650 e. The van der Waals surface area contributed by atoms with Gasteiger partial charge < -0.3 is 4.74 Å². The SMILES string of the molecule is CC(C)CN1CCCOCC12CC2. The molecule has 1 spiro atoms.